The fraction of sp³-hybridized carbons (Fsp3) is 1.00. The van der Waals surface area contributed by atoms with Crippen molar-refractivity contribution in [1.82, 2.24) is 4.90 Å². The molecule has 0 aromatic heterocycles. The first-order chi connectivity index (χ1) is 6.86. The number of aliphatic hydroxyl groups excluding tert-OH is 1. The Hall–Kier alpha value is -0.120. The lowest BCUT2D eigenvalue weighted by Crippen LogP contribution is -2.37. The van der Waals surface area contributed by atoms with E-state index in [0.717, 1.165) is 32.7 Å². The molecule has 0 aromatic rings. The highest BCUT2D eigenvalue weighted by Crippen LogP contribution is 2.18. The highest BCUT2D eigenvalue weighted by molar-refractivity contribution is 4.72. The van der Waals surface area contributed by atoms with Crippen LogP contribution in [0.4, 0.5) is 0 Å². The zero-order valence-electron chi connectivity index (χ0n) is 9.24. The number of piperidine rings is 1. The van der Waals surface area contributed by atoms with E-state index in [1.165, 1.54) is 19.4 Å². The fourth-order valence-corrected chi connectivity index (χ4v) is 2.11. The van der Waals surface area contributed by atoms with Crippen molar-refractivity contribution in [1.29, 1.82) is 0 Å². The molecule has 14 heavy (non-hydrogen) atoms. The Morgan fingerprint density at radius 1 is 1.50 bits per heavy atom. The number of likely N-dealkylation sites (tertiary alicyclic amines) is 1. The summed E-state index contributed by atoms with van der Waals surface area (Å²) in [7, 11) is 0. The second-order valence-corrected chi connectivity index (χ2v) is 4.02. The van der Waals surface area contributed by atoms with Crippen LogP contribution in [0.5, 0.6) is 0 Å². The summed E-state index contributed by atoms with van der Waals surface area (Å²) in [5, 5.41) is 8.88. The Bertz CT molecular complexity index is 139. The van der Waals surface area contributed by atoms with E-state index in [1.807, 2.05) is 6.92 Å². The number of aliphatic hydroxyl groups is 1. The number of nitrogens with zero attached hydrogens (tertiary/aromatic N) is 1. The van der Waals surface area contributed by atoms with E-state index < -0.39 is 0 Å². The van der Waals surface area contributed by atoms with Gasteiger partial charge in [-0.2, -0.15) is 0 Å². The van der Waals surface area contributed by atoms with Gasteiger partial charge in [-0.1, -0.05) is 0 Å². The molecule has 0 spiro atoms. The summed E-state index contributed by atoms with van der Waals surface area (Å²) in [4.78, 5) is 2.46. The predicted molar refractivity (Wildman–Crippen MR) is 57.4 cm³/mol. The molecule has 0 amide bonds. The van der Waals surface area contributed by atoms with Crippen molar-refractivity contribution in [3.8, 4) is 0 Å². The van der Waals surface area contributed by atoms with Gasteiger partial charge in [0.15, 0.2) is 0 Å². The van der Waals surface area contributed by atoms with Crippen LogP contribution in [0.25, 0.3) is 0 Å². The lowest BCUT2D eigenvalue weighted by Gasteiger charge is -2.32. The molecule has 0 radical (unpaired) electrons. The monoisotopic (exact) mass is 201 g/mol. The highest BCUT2D eigenvalue weighted by Gasteiger charge is 2.18. The molecule has 0 bridgehead atoms. The molecule has 1 N–H and O–H groups in total. The minimum absolute atomic E-state index is 0.337. The average molecular weight is 201 g/mol. The molecule has 3 nitrogen and oxygen atoms in total. The summed E-state index contributed by atoms with van der Waals surface area (Å²) in [6.07, 6.45) is 3.52. The molecule has 0 aliphatic carbocycles. The van der Waals surface area contributed by atoms with Crippen molar-refractivity contribution in [2.24, 2.45) is 5.92 Å². The second-order valence-electron chi connectivity index (χ2n) is 4.02. The lowest BCUT2D eigenvalue weighted by atomic mass is 9.95. The van der Waals surface area contributed by atoms with Crippen LogP contribution in [-0.2, 0) is 4.74 Å². The molecule has 1 unspecified atom stereocenters. The molecule has 1 aliphatic rings. The summed E-state index contributed by atoms with van der Waals surface area (Å²) in [5.74, 6) is 0.704. The van der Waals surface area contributed by atoms with E-state index in [-0.39, 0.29) is 0 Å². The molecule has 1 heterocycles. The normalized spacial score (nSPS) is 24.0. The molecule has 0 aromatic carbocycles. The zero-order chi connectivity index (χ0) is 10.2. The van der Waals surface area contributed by atoms with Crippen LogP contribution in [0.1, 0.15) is 26.2 Å². The lowest BCUT2D eigenvalue weighted by molar-refractivity contribution is 0.0862. The van der Waals surface area contributed by atoms with Crippen molar-refractivity contribution in [2.45, 2.75) is 26.2 Å². The molecule has 1 fully saturated rings. The van der Waals surface area contributed by atoms with Crippen molar-refractivity contribution in [2.75, 3.05) is 39.5 Å². The van der Waals surface area contributed by atoms with Crippen molar-refractivity contribution in [3.63, 3.8) is 0 Å². The fourth-order valence-electron chi connectivity index (χ4n) is 2.11. The van der Waals surface area contributed by atoms with Crippen molar-refractivity contribution < 1.29 is 9.84 Å². The SMILES string of the molecule is CCOCCN1CCCC(CCO)C1. The zero-order valence-corrected chi connectivity index (χ0v) is 9.24. The van der Waals surface area contributed by atoms with Crippen molar-refractivity contribution >= 4 is 0 Å². The van der Waals surface area contributed by atoms with Crippen LogP contribution >= 0.6 is 0 Å². The second kappa shape index (κ2) is 7.21. The maximum Gasteiger partial charge on any atom is 0.0593 e. The molecule has 3 heteroatoms. The van der Waals surface area contributed by atoms with E-state index in [1.54, 1.807) is 0 Å². The summed E-state index contributed by atoms with van der Waals surface area (Å²) < 4.78 is 5.34. The molecule has 1 rings (SSSR count). The summed E-state index contributed by atoms with van der Waals surface area (Å²) in [6, 6.07) is 0. The van der Waals surface area contributed by atoms with Gasteiger partial charge in [-0.15, -0.1) is 0 Å². The summed E-state index contributed by atoms with van der Waals surface area (Å²) in [5.41, 5.74) is 0. The first kappa shape index (κ1) is 12.0. The van der Waals surface area contributed by atoms with E-state index in [0.29, 0.717) is 12.5 Å². The van der Waals surface area contributed by atoms with E-state index in [2.05, 4.69) is 4.90 Å². The Morgan fingerprint density at radius 2 is 2.36 bits per heavy atom. The molecule has 84 valence electrons. The smallest absolute Gasteiger partial charge is 0.0593 e. The van der Waals surface area contributed by atoms with Crippen LogP contribution in [0, 0.1) is 5.92 Å². The number of hydrogen-bond acceptors (Lipinski definition) is 3. The maximum atomic E-state index is 8.88. The Labute approximate surface area is 87.1 Å². The van der Waals surface area contributed by atoms with Gasteiger partial charge in [0.05, 0.1) is 6.61 Å². The molecule has 0 saturated carbocycles. The minimum Gasteiger partial charge on any atom is -0.396 e. The van der Waals surface area contributed by atoms with Gasteiger partial charge >= 0.3 is 0 Å². The van der Waals surface area contributed by atoms with E-state index in [4.69, 9.17) is 9.84 Å². The summed E-state index contributed by atoms with van der Waals surface area (Å²) >= 11 is 0. The van der Waals surface area contributed by atoms with E-state index in [9.17, 15) is 0 Å². The van der Waals surface area contributed by atoms with Crippen molar-refractivity contribution in [3.05, 3.63) is 0 Å². The van der Waals surface area contributed by atoms with Gasteiger partial charge in [0.25, 0.3) is 0 Å². The average Bonchev–Trinajstić information content (AvgIpc) is 2.19. The van der Waals surface area contributed by atoms with E-state index >= 15 is 0 Å². The van der Waals surface area contributed by atoms with Gasteiger partial charge in [-0.3, -0.25) is 0 Å². The van der Waals surface area contributed by atoms with Gasteiger partial charge in [-0.25, -0.2) is 0 Å². The largest absolute Gasteiger partial charge is 0.396 e. The Kier molecular flexibility index (Phi) is 6.15. The Morgan fingerprint density at radius 3 is 3.07 bits per heavy atom. The maximum absolute atomic E-state index is 8.88. The van der Waals surface area contributed by atoms with Gasteiger partial charge in [0.2, 0.25) is 0 Å². The van der Waals surface area contributed by atoms with Gasteiger partial charge < -0.3 is 14.7 Å². The topological polar surface area (TPSA) is 32.7 Å². The van der Waals surface area contributed by atoms with Gasteiger partial charge in [0, 0.05) is 26.3 Å². The first-order valence-corrected chi connectivity index (χ1v) is 5.77. The first-order valence-electron chi connectivity index (χ1n) is 5.77. The molecule has 1 aliphatic heterocycles. The third-order valence-corrected chi connectivity index (χ3v) is 2.90. The standard InChI is InChI=1S/C11H23NO2/c1-2-14-9-7-12-6-3-4-11(10-12)5-8-13/h11,13H,2-10H2,1H3. The van der Waals surface area contributed by atoms with Crippen LogP contribution in [0.2, 0.25) is 0 Å². The third-order valence-electron chi connectivity index (χ3n) is 2.90. The van der Waals surface area contributed by atoms with Crippen LogP contribution in [0.15, 0.2) is 0 Å². The number of hydrogen-bond donors (Lipinski definition) is 1. The number of ether oxygens (including phenoxy) is 1. The predicted octanol–water partition coefficient (Wildman–Crippen LogP) is 1.12. The van der Waals surface area contributed by atoms with Gasteiger partial charge in [0.1, 0.15) is 0 Å². The van der Waals surface area contributed by atoms with Crippen LogP contribution in [-0.4, -0.2) is 49.5 Å². The molecular formula is C11H23NO2. The van der Waals surface area contributed by atoms with Crippen LogP contribution in [0.3, 0.4) is 0 Å². The highest BCUT2D eigenvalue weighted by atomic mass is 16.5. The Balaban J connectivity index is 2.12. The molecule has 1 atom stereocenters. The number of rotatable bonds is 6. The molecule has 1 saturated heterocycles. The summed E-state index contributed by atoms with van der Waals surface area (Å²) in [6.45, 7) is 7.43. The molecular weight excluding hydrogens is 178 g/mol. The quantitative estimate of drug-likeness (QED) is 0.654. The van der Waals surface area contributed by atoms with Gasteiger partial charge in [-0.05, 0) is 38.6 Å². The third kappa shape index (κ3) is 4.40. The van der Waals surface area contributed by atoms with Crippen LogP contribution < -0.4 is 0 Å². The minimum atomic E-state index is 0.337.